The van der Waals surface area contributed by atoms with Crippen LogP contribution in [-0.2, 0) is 4.79 Å². The molecule has 228 valence electrons. The summed E-state index contributed by atoms with van der Waals surface area (Å²) in [6.45, 7) is 4.33. The van der Waals surface area contributed by atoms with Crippen molar-refractivity contribution in [3.63, 3.8) is 0 Å². The number of amides is 2. The van der Waals surface area contributed by atoms with Gasteiger partial charge in [-0.15, -0.1) is 0 Å². The van der Waals surface area contributed by atoms with Crippen LogP contribution in [0.15, 0.2) is 66.7 Å². The molecular formula is C34H40N2O7. The van der Waals surface area contributed by atoms with Crippen LogP contribution in [-0.4, -0.2) is 82.8 Å². The molecule has 9 heteroatoms. The molecule has 1 saturated heterocycles. The molecule has 0 bridgehead atoms. The fourth-order valence-corrected chi connectivity index (χ4v) is 4.96. The summed E-state index contributed by atoms with van der Waals surface area (Å²) in [5, 5.41) is 0. The Hall–Kier alpha value is -4.66. The summed E-state index contributed by atoms with van der Waals surface area (Å²) in [6, 6.07) is 18.8. The molecule has 4 rings (SSSR count). The average molecular weight is 589 g/mol. The Morgan fingerprint density at radius 1 is 0.698 bits per heavy atom. The zero-order chi connectivity index (χ0) is 30.8. The quantitative estimate of drug-likeness (QED) is 0.209. The van der Waals surface area contributed by atoms with E-state index in [4.69, 9.17) is 23.7 Å². The third-order valence-corrected chi connectivity index (χ3v) is 7.37. The topological polar surface area (TPSA) is 86.8 Å². The zero-order valence-corrected chi connectivity index (χ0v) is 25.6. The van der Waals surface area contributed by atoms with Gasteiger partial charge in [0.15, 0.2) is 23.0 Å². The number of carbonyl (C=O) groups excluding carboxylic acids is 2. The minimum absolute atomic E-state index is 0.124. The van der Waals surface area contributed by atoms with Crippen LogP contribution in [0, 0.1) is 0 Å². The third kappa shape index (κ3) is 7.41. The molecule has 43 heavy (non-hydrogen) atoms. The zero-order valence-electron chi connectivity index (χ0n) is 25.6. The van der Waals surface area contributed by atoms with Crippen LogP contribution in [0.1, 0.15) is 41.3 Å². The third-order valence-electron chi connectivity index (χ3n) is 7.37. The lowest BCUT2D eigenvalue weighted by Gasteiger charge is -2.34. The van der Waals surface area contributed by atoms with Crippen LogP contribution in [0.5, 0.6) is 28.7 Å². The van der Waals surface area contributed by atoms with E-state index in [9.17, 15) is 9.59 Å². The van der Waals surface area contributed by atoms with Crippen molar-refractivity contribution in [3.8, 4) is 28.7 Å². The van der Waals surface area contributed by atoms with Gasteiger partial charge in [-0.2, -0.15) is 0 Å². The molecule has 3 aromatic rings. The molecule has 0 atom stereocenters. The molecule has 0 aliphatic carbocycles. The number of nitrogens with zero attached hydrogens (tertiary/aromatic N) is 2. The summed E-state index contributed by atoms with van der Waals surface area (Å²) in [7, 11) is 6.16. The highest BCUT2D eigenvalue weighted by Gasteiger charge is 2.26. The van der Waals surface area contributed by atoms with Crippen molar-refractivity contribution in [2.45, 2.75) is 19.8 Å². The maximum absolute atomic E-state index is 13.6. The lowest BCUT2D eigenvalue weighted by molar-refractivity contribution is -0.127. The predicted molar refractivity (Wildman–Crippen MR) is 165 cm³/mol. The summed E-state index contributed by atoms with van der Waals surface area (Å²) in [5.74, 6) is 2.24. The number of unbranched alkanes of at least 4 members (excludes halogenated alkanes) is 1. The Kier molecular flexibility index (Phi) is 10.9. The predicted octanol–water partition coefficient (Wildman–Crippen LogP) is 5.32. The van der Waals surface area contributed by atoms with Gasteiger partial charge in [-0.25, -0.2) is 0 Å². The summed E-state index contributed by atoms with van der Waals surface area (Å²) in [6.07, 6.45) is 3.66. The van der Waals surface area contributed by atoms with E-state index in [0.29, 0.717) is 67.1 Å². The molecule has 0 spiro atoms. The van der Waals surface area contributed by atoms with E-state index < -0.39 is 0 Å². The van der Waals surface area contributed by atoms with Gasteiger partial charge < -0.3 is 33.5 Å². The van der Waals surface area contributed by atoms with Crippen molar-refractivity contribution < 1.29 is 33.3 Å². The maximum Gasteiger partial charge on any atom is 0.254 e. The normalized spacial score (nSPS) is 13.4. The SMILES string of the molecule is CCCCOc1ccc(/C(=C\C(=O)N2CCN(C(=O)c3cc(OC)c(OC)c(OC)c3)CC2)c2ccccc2)cc1OC. The van der Waals surface area contributed by atoms with Crippen LogP contribution in [0.2, 0.25) is 0 Å². The molecule has 0 N–H and O–H groups in total. The Morgan fingerprint density at radius 2 is 1.30 bits per heavy atom. The lowest BCUT2D eigenvalue weighted by Crippen LogP contribution is -2.50. The van der Waals surface area contributed by atoms with Gasteiger partial charge >= 0.3 is 0 Å². The molecule has 0 saturated carbocycles. The second kappa shape index (κ2) is 15.0. The first-order valence-corrected chi connectivity index (χ1v) is 14.4. The van der Waals surface area contributed by atoms with E-state index in [-0.39, 0.29) is 11.8 Å². The molecule has 1 aliphatic heterocycles. The molecule has 2 amide bonds. The van der Waals surface area contributed by atoms with E-state index in [2.05, 4.69) is 6.92 Å². The van der Waals surface area contributed by atoms with Gasteiger partial charge in [0, 0.05) is 37.8 Å². The van der Waals surface area contributed by atoms with Crippen molar-refractivity contribution in [1.82, 2.24) is 9.80 Å². The van der Waals surface area contributed by atoms with Crippen molar-refractivity contribution >= 4 is 17.4 Å². The van der Waals surface area contributed by atoms with Crippen LogP contribution in [0.3, 0.4) is 0 Å². The van der Waals surface area contributed by atoms with Crippen LogP contribution >= 0.6 is 0 Å². The first-order chi connectivity index (χ1) is 20.9. The largest absolute Gasteiger partial charge is 0.493 e. The summed E-state index contributed by atoms with van der Waals surface area (Å²) >= 11 is 0. The van der Waals surface area contributed by atoms with E-state index in [1.54, 1.807) is 35.1 Å². The van der Waals surface area contributed by atoms with Crippen LogP contribution < -0.4 is 23.7 Å². The lowest BCUT2D eigenvalue weighted by atomic mass is 9.96. The van der Waals surface area contributed by atoms with Crippen molar-refractivity contribution in [2.24, 2.45) is 0 Å². The standard InChI is InChI=1S/C34H40N2O7/c1-6-7-19-43-28-14-13-25(20-29(28)39-2)27(24-11-9-8-10-12-24)23-32(37)35-15-17-36(18-16-35)34(38)26-21-30(40-3)33(42-5)31(22-26)41-4/h8-14,20-23H,6-7,15-19H2,1-5H3/b27-23-. The number of hydrogen-bond donors (Lipinski definition) is 0. The second-order valence-corrected chi connectivity index (χ2v) is 10.0. The summed E-state index contributed by atoms with van der Waals surface area (Å²) < 4.78 is 27.7. The van der Waals surface area contributed by atoms with Gasteiger partial charge in [0.1, 0.15) is 0 Å². The van der Waals surface area contributed by atoms with Gasteiger partial charge in [-0.1, -0.05) is 49.7 Å². The van der Waals surface area contributed by atoms with Gasteiger partial charge in [-0.3, -0.25) is 9.59 Å². The molecule has 0 radical (unpaired) electrons. The van der Waals surface area contributed by atoms with E-state index >= 15 is 0 Å². The van der Waals surface area contributed by atoms with Crippen LogP contribution in [0.25, 0.3) is 5.57 Å². The minimum atomic E-state index is -0.166. The Balaban J connectivity index is 1.52. The van der Waals surface area contributed by atoms with Gasteiger partial charge in [0.25, 0.3) is 5.91 Å². The summed E-state index contributed by atoms with van der Waals surface area (Å²) in [4.78, 5) is 30.4. The number of rotatable bonds is 12. The maximum atomic E-state index is 13.6. The van der Waals surface area contributed by atoms with Crippen molar-refractivity contribution in [1.29, 1.82) is 0 Å². The first kappa shape index (κ1) is 31.3. The molecule has 9 nitrogen and oxygen atoms in total. The van der Waals surface area contributed by atoms with Gasteiger partial charge in [0.2, 0.25) is 11.7 Å². The van der Waals surface area contributed by atoms with Crippen LogP contribution in [0.4, 0.5) is 0 Å². The number of carbonyl (C=O) groups is 2. The number of piperazine rings is 1. The molecule has 1 aliphatic rings. The minimum Gasteiger partial charge on any atom is -0.493 e. The van der Waals surface area contributed by atoms with Crippen molar-refractivity contribution in [3.05, 3.63) is 83.4 Å². The first-order valence-electron chi connectivity index (χ1n) is 14.4. The molecule has 0 aromatic heterocycles. The average Bonchev–Trinajstić information content (AvgIpc) is 3.06. The van der Waals surface area contributed by atoms with E-state index in [1.165, 1.54) is 21.3 Å². The van der Waals surface area contributed by atoms with Crippen molar-refractivity contribution in [2.75, 3.05) is 61.2 Å². The molecule has 0 unspecified atom stereocenters. The molecular weight excluding hydrogens is 548 g/mol. The van der Waals surface area contributed by atoms with E-state index in [0.717, 1.165) is 29.5 Å². The van der Waals surface area contributed by atoms with E-state index in [1.807, 2.05) is 48.5 Å². The Labute approximate surface area is 253 Å². The smallest absolute Gasteiger partial charge is 0.254 e. The fourth-order valence-electron chi connectivity index (χ4n) is 4.96. The summed E-state index contributed by atoms with van der Waals surface area (Å²) in [5.41, 5.74) is 2.96. The van der Waals surface area contributed by atoms with Gasteiger partial charge in [0.05, 0.1) is 35.0 Å². The second-order valence-electron chi connectivity index (χ2n) is 10.0. The highest BCUT2D eigenvalue weighted by atomic mass is 16.5. The molecule has 1 fully saturated rings. The number of ether oxygens (including phenoxy) is 5. The Bertz CT molecular complexity index is 1400. The number of methoxy groups -OCH3 is 4. The molecule has 1 heterocycles. The Morgan fingerprint density at radius 3 is 1.88 bits per heavy atom. The highest BCUT2D eigenvalue weighted by molar-refractivity contribution is 6.00. The monoisotopic (exact) mass is 588 g/mol. The molecule has 3 aromatic carbocycles. The number of hydrogen-bond acceptors (Lipinski definition) is 7. The number of benzene rings is 3. The van der Waals surface area contributed by atoms with Gasteiger partial charge in [-0.05, 0) is 47.4 Å². The fraction of sp³-hybridized carbons (Fsp3) is 0.353. The highest BCUT2D eigenvalue weighted by Crippen LogP contribution is 2.38.